The van der Waals surface area contributed by atoms with Crippen molar-refractivity contribution in [1.29, 1.82) is 0 Å². The molecule has 0 aliphatic carbocycles. The van der Waals surface area contributed by atoms with Gasteiger partial charge < -0.3 is 24.1 Å². The predicted octanol–water partition coefficient (Wildman–Crippen LogP) is 2.11. The summed E-state index contributed by atoms with van der Waals surface area (Å²) in [6, 6.07) is 3.00. The van der Waals surface area contributed by atoms with Crippen LogP contribution in [0.25, 0.3) is 4.85 Å². The van der Waals surface area contributed by atoms with Gasteiger partial charge in [-0.3, -0.25) is 9.59 Å². The second kappa shape index (κ2) is 5.81. The van der Waals surface area contributed by atoms with Gasteiger partial charge >= 0.3 is 0 Å². The van der Waals surface area contributed by atoms with Gasteiger partial charge in [-0.2, -0.15) is 0 Å². The van der Waals surface area contributed by atoms with Crippen LogP contribution < -0.4 is 9.47 Å². The summed E-state index contributed by atoms with van der Waals surface area (Å²) in [5.41, 5.74) is -0.243. The molecule has 2 bridgehead atoms. The van der Waals surface area contributed by atoms with Gasteiger partial charge in [0.05, 0.1) is 6.42 Å². The smallest absolute Gasteiger partial charge is 0.261 e. The van der Waals surface area contributed by atoms with Crippen molar-refractivity contribution in [2.24, 2.45) is 0 Å². The number of likely N-dealkylation sites (N-methyl/N-ethyl adjacent to an activating group) is 1. The lowest BCUT2D eigenvalue weighted by atomic mass is 9.87. The standard InChI is InChI=1S/C18H16BrN3O4S3/c1-16(20-3)7-18-15(24)21(4)17(2,29(18)28-27)14(23)22(18)13(16)9-5-11-12(6-10(9)19)26-8-25-11/h5-6,13H,7-8H2,1-2,4H3/t13-,16-,17?,18-,29+/m0/s1. The molecule has 1 unspecified atom stereocenters. The largest absolute Gasteiger partial charge is 0.454 e. The molecule has 0 saturated carbocycles. The maximum atomic E-state index is 13.7. The van der Waals surface area contributed by atoms with Crippen molar-refractivity contribution < 1.29 is 19.1 Å². The van der Waals surface area contributed by atoms with E-state index in [9.17, 15) is 9.59 Å². The van der Waals surface area contributed by atoms with E-state index in [2.05, 4.69) is 20.8 Å². The van der Waals surface area contributed by atoms with E-state index in [0.717, 1.165) is 14.4 Å². The van der Waals surface area contributed by atoms with Gasteiger partial charge in [-0.25, -0.2) is 6.57 Å². The molecule has 4 aliphatic heterocycles. The number of piperazine rings is 1. The molecule has 3 fully saturated rings. The third-order valence-corrected chi connectivity index (χ3v) is 13.1. The van der Waals surface area contributed by atoms with Gasteiger partial charge in [0.2, 0.25) is 6.79 Å². The number of rotatable bonds is 1. The van der Waals surface area contributed by atoms with Gasteiger partial charge in [-0.1, -0.05) is 15.9 Å². The summed E-state index contributed by atoms with van der Waals surface area (Å²) in [5, 5.41) is 0. The van der Waals surface area contributed by atoms with Crippen LogP contribution >= 0.6 is 15.9 Å². The minimum Gasteiger partial charge on any atom is -0.454 e. The third-order valence-electron chi connectivity index (χ3n) is 6.51. The summed E-state index contributed by atoms with van der Waals surface area (Å²) in [7, 11) is 2.04. The molecular formula is C18H16BrN3O4S3. The Morgan fingerprint density at radius 3 is 2.59 bits per heavy atom. The summed E-state index contributed by atoms with van der Waals surface area (Å²) in [5.74, 6) is 0.895. The first-order chi connectivity index (χ1) is 13.7. The molecule has 0 radical (unpaired) electrons. The molecule has 4 heterocycles. The molecule has 5 atom stereocenters. The highest BCUT2D eigenvalue weighted by molar-refractivity contribution is 9.10. The number of ether oxygens (including phenoxy) is 2. The number of carbonyl (C=O) groups excluding carboxylic acids is 2. The van der Waals surface area contributed by atoms with Gasteiger partial charge in [0.1, 0.15) is 6.04 Å². The zero-order valence-corrected chi connectivity index (χ0v) is 19.8. The van der Waals surface area contributed by atoms with Crippen LogP contribution in [0.4, 0.5) is 0 Å². The molecule has 0 N–H and O–H groups in total. The average molecular weight is 514 g/mol. The Bertz CT molecular complexity index is 1130. The number of halogens is 1. The molecule has 1 spiro atoms. The Kier molecular flexibility index (Phi) is 3.90. The van der Waals surface area contributed by atoms with E-state index in [-0.39, 0.29) is 25.0 Å². The monoisotopic (exact) mass is 513 g/mol. The molecule has 1 aromatic rings. The molecule has 152 valence electrons. The Morgan fingerprint density at radius 1 is 1.31 bits per heavy atom. The Morgan fingerprint density at radius 2 is 1.97 bits per heavy atom. The number of fused-ring (bicyclic) bond motifs is 2. The van der Waals surface area contributed by atoms with E-state index in [1.807, 2.05) is 13.0 Å². The number of hydrogen-bond donors (Lipinski definition) is 0. The quantitative estimate of drug-likeness (QED) is 0.538. The molecule has 11 heteroatoms. The topological polar surface area (TPSA) is 63.4 Å². The van der Waals surface area contributed by atoms with Crippen molar-refractivity contribution in [2.45, 2.75) is 41.6 Å². The van der Waals surface area contributed by atoms with Crippen molar-refractivity contribution in [3.63, 3.8) is 0 Å². The molecule has 3 saturated heterocycles. The minimum atomic E-state index is -1.09. The molecule has 1 aromatic carbocycles. The molecular weight excluding hydrogens is 498 g/mol. The van der Waals surface area contributed by atoms with E-state index >= 15 is 0 Å². The lowest BCUT2D eigenvalue weighted by Crippen LogP contribution is -2.60. The molecule has 5 rings (SSSR count). The lowest BCUT2D eigenvalue weighted by Gasteiger charge is -2.39. The second-order valence-electron chi connectivity index (χ2n) is 7.92. The summed E-state index contributed by atoms with van der Waals surface area (Å²) in [6.07, 6.45) is 0.256. The first-order valence-electron chi connectivity index (χ1n) is 8.81. The third kappa shape index (κ3) is 1.99. The maximum Gasteiger partial charge on any atom is 0.261 e. The van der Waals surface area contributed by atoms with Crippen LogP contribution in [0.5, 0.6) is 11.5 Å². The van der Waals surface area contributed by atoms with Gasteiger partial charge in [0, 0.05) is 24.0 Å². The number of nitrogens with zero attached hydrogens (tertiary/aromatic N) is 3. The van der Waals surface area contributed by atoms with E-state index < -0.39 is 30.8 Å². The normalized spacial score (nSPS) is 39.1. The van der Waals surface area contributed by atoms with Crippen LogP contribution in [0.15, 0.2) is 16.6 Å². The fraction of sp³-hybridized carbons (Fsp3) is 0.500. The number of benzene rings is 1. The van der Waals surface area contributed by atoms with Crippen molar-refractivity contribution in [1.82, 2.24) is 9.80 Å². The fourth-order valence-electron chi connectivity index (χ4n) is 5.04. The molecule has 29 heavy (non-hydrogen) atoms. The van der Waals surface area contributed by atoms with Crippen LogP contribution in [-0.2, 0) is 39.1 Å². The lowest BCUT2D eigenvalue weighted by molar-refractivity contribution is -0.159. The highest BCUT2D eigenvalue weighted by Gasteiger charge is 2.83. The van der Waals surface area contributed by atoms with E-state index in [1.54, 1.807) is 24.9 Å². The zero-order valence-electron chi connectivity index (χ0n) is 15.7. The van der Waals surface area contributed by atoms with Crippen molar-refractivity contribution in [3.05, 3.63) is 33.6 Å². The highest BCUT2D eigenvalue weighted by Crippen LogP contribution is 2.64. The van der Waals surface area contributed by atoms with E-state index in [0.29, 0.717) is 16.0 Å². The average Bonchev–Trinajstić information content (AvgIpc) is 3.33. The summed E-state index contributed by atoms with van der Waals surface area (Å²) in [4.78, 5) is 32.3. The second-order valence-corrected chi connectivity index (χ2v) is 13.5. The summed E-state index contributed by atoms with van der Waals surface area (Å²) in [6.45, 7) is 11.7. The number of carbonyl (C=O) groups is 2. The SMILES string of the molecule is [C-]#[N+][C@@]1(C)C[C@]23C(=O)N(C)C(C)(C(=O)N2[C@H]1c1cc2c(cc1Br)OCO2)[S@]3=S=S. The highest BCUT2D eigenvalue weighted by atomic mass is 79.9. The van der Waals surface area contributed by atoms with Crippen LogP contribution in [0.2, 0.25) is 0 Å². The predicted molar refractivity (Wildman–Crippen MR) is 115 cm³/mol. The van der Waals surface area contributed by atoms with Crippen molar-refractivity contribution in [3.8, 4) is 11.5 Å². The number of hydrogen-bond acceptors (Lipinski definition) is 5. The van der Waals surface area contributed by atoms with E-state index in [4.69, 9.17) is 27.2 Å². The van der Waals surface area contributed by atoms with Gasteiger partial charge in [0.25, 0.3) is 17.4 Å². The summed E-state index contributed by atoms with van der Waals surface area (Å²) < 4.78 is 11.7. The Balaban J connectivity index is 1.79. The van der Waals surface area contributed by atoms with Gasteiger partial charge in [0.15, 0.2) is 21.2 Å². The summed E-state index contributed by atoms with van der Waals surface area (Å²) >= 11 is 8.95. The van der Waals surface area contributed by atoms with Crippen LogP contribution in [-0.4, -0.2) is 50.7 Å². The molecule has 2 amide bonds. The van der Waals surface area contributed by atoms with E-state index in [1.165, 1.54) is 4.90 Å². The molecule has 0 aromatic heterocycles. The first kappa shape index (κ1) is 19.5. The first-order valence-corrected chi connectivity index (χ1v) is 13.1. The Hall–Kier alpha value is -1.48. The fourth-order valence-corrected chi connectivity index (χ4v) is 12.3. The van der Waals surface area contributed by atoms with Crippen molar-refractivity contribution in [2.75, 3.05) is 13.8 Å². The minimum absolute atomic E-state index is 0.125. The molecule has 7 nitrogen and oxygen atoms in total. The maximum absolute atomic E-state index is 13.7. The van der Waals surface area contributed by atoms with Gasteiger partial charge in [-0.15, -0.1) is 0 Å². The van der Waals surface area contributed by atoms with Crippen LogP contribution in [0.3, 0.4) is 0 Å². The number of amides is 2. The zero-order chi connectivity index (χ0) is 20.9. The van der Waals surface area contributed by atoms with Crippen LogP contribution in [0, 0.1) is 6.57 Å². The van der Waals surface area contributed by atoms with Crippen LogP contribution in [0.1, 0.15) is 31.9 Å². The van der Waals surface area contributed by atoms with Crippen molar-refractivity contribution >= 4 is 57.3 Å². The Labute approximate surface area is 186 Å². The molecule has 4 aliphatic rings. The van der Waals surface area contributed by atoms with Gasteiger partial charge in [-0.05, 0) is 48.6 Å².